The van der Waals surface area contributed by atoms with Gasteiger partial charge in [0, 0.05) is 18.6 Å². The number of nitrogens with two attached hydrogens (primary N) is 1. The molecule has 0 aromatic carbocycles. The van der Waals surface area contributed by atoms with E-state index in [2.05, 4.69) is 11.9 Å². The highest BCUT2D eigenvalue weighted by atomic mass is 16.5. The van der Waals surface area contributed by atoms with Crippen molar-refractivity contribution in [2.24, 2.45) is 11.1 Å². The number of piperidine rings is 1. The molecule has 1 fully saturated rings. The summed E-state index contributed by atoms with van der Waals surface area (Å²) in [5.41, 5.74) is 4.80. The first-order valence-corrected chi connectivity index (χ1v) is 6.33. The number of hydrogen-bond acceptors (Lipinski definition) is 4. The van der Waals surface area contributed by atoms with E-state index >= 15 is 0 Å². The number of rotatable bonds is 3. The van der Waals surface area contributed by atoms with Gasteiger partial charge >= 0.3 is 5.97 Å². The molecule has 0 unspecified atom stereocenters. The summed E-state index contributed by atoms with van der Waals surface area (Å²) in [6.45, 7) is 9.41. The number of hydrogen-bond donors (Lipinski definition) is 1. The minimum atomic E-state index is -0.656. The lowest BCUT2D eigenvalue weighted by Crippen LogP contribution is -2.53. The monoisotopic (exact) mass is 242 g/mol. The van der Waals surface area contributed by atoms with E-state index in [0.717, 1.165) is 25.9 Å². The van der Waals surface area contributed by atoms with Crippen LogP contribution in [-0.4, -0.2) is 42.6 Å². The molecule has 1 heterocycles. The van der Waals surface area contributed by atoms with E-state index in [1.54, 1.807) is 0 Å². The molecule has 0 radical (unpaired) electrons. The molecule has 1 aliphatic rings. The standard InChI is InChI=1S/C13H26N2O2/c1-12(2,13(3,4)14)11(16)17-10-6-8-15(5)9-7-10/h10H,6-9,14H2,1-5H3. The van der Waals surface area contributed by atoms with Gasteiger partial charge in [-0.3, -0.25) is 4.79 Å². The second-order valence-electron chi connectivity index (χ2n) is 6.25. The van der Waals surface area contributed by atoms with Gasteiger partial charge in [0.15, 0.2) is 0 Å². The first kappa shape index (κ1) is 14.5. The molecule has 1 aliphatic heterocycles. The van der Waals surface area contributed by atoms with E-state index in [1.807, 2.05) is 27.7 Å². The zero-order chi connectivity index (χ0) is 13.3. The summed E-state index contributed by atoms with van der Waals surface area (Å²) in [4.78, 5) is 14.4. The summed E-state index contributed by atoms with van der Waals surface area (Å²) in [5, 5.41) is 0. The highest BCUT2D eigenvalue weighted by molar-refractivity contribution is 5.77. The van der Waals surface area contributed by atoms with Gasteiger partial charge in [0.25, 0.3) is 0 Å². The summed E-state index contributed by atoms with van der Waals surface area (Å²) in [5.74, 6) is -0.181. The van der Waals surface area contributed by atoms with E-state index in [-0.39, 0.29) is 12.1 Å². The third-order valence-corrected chi connectivity index (χ3v) is 4.06. The predicted molar refractivity (Wildman–Crippen MR) is 68.7 cm³/mol. The quantitative estimate of drug-likeness (QED) is 0.760. The Balaban J connectivity index is 2.55. The van der Waals surface area contributed by atoms with Gasteiger partial charge in [0.05, 0.1) is 5.41 Å². The Kier molecular flexibility index (Phi) is 4.20. The predicted octanol–water partition coefficient (Wildman–Crippen LogP) is 1.39. The first-order chi connectivity index (χ1) is 7.64. The Morgan fingerprint density at radius 1 is 1.24 bits per heavy atom. The SMILES string of the molecule is CN1CCC(OC(=O)C(C)(C)C(C)(C)N)CC1. The molecule has 0 amide bonds. The fraction of sp³-hybridized carbons (Fsp3) is 0.923. The van der Waals surface area contributed by atoms with Crippen LogP contribution in [0.1, 0.15) is 40.5 Å². The van der Waals surface area contributed by atoms with Crippen molar-refractivity contribution in [1.29, 1.82) is 0 Å². The third kappa shape index (κ3) is 3.42. The van der Waals surface area contributed by atoms with Crippen LogP contribution in [-0.2, 0) is 9.53 Å². The van der Waals surface area contributed by atoms with Crippen LogP contribution in [0.15, 0.2) is 0 Å². The van der Waals surface area contributed by atoms with Crippen molar-refractivity contribution < 1.29 is 9.53 Å². The molecule has 0 spiro atoms. The van der Waals surface area contributed by atoms with Crippen LogP contribution in [0, 0.1) is 5.41 Å². The molecule has 1 rings (SSSR count). The molecule has 17 heavy (non-hydrogen) atoms. The van der Waals surface area contributed by atoms with Gasteiger partial charge < -0.3 is 15.4 Å². The molecule has 1 saturated heterocycles. The third-order valence-electron chi connectivity index (χ3n) is 4.06. The summed E-state index contributed by atoms with van der Waals surface area (Å²) in [6, 6.07) is 0. The summed E-state index contributed by atoms with van der Waals surface area (Å²) >= 11 is 0. The average Bonchev–Trinajstić information content (AvgIpc) is 2.19. The Morgan fingerprint density at radius 2 is 1.71 bits per heavy atom. The summed E-state index contributed by atoms with van der Waals surface area (Å²) in [6.07, 6.45) is 1.90. The van der Waals surface area contributed by atoms with Crippen LogP contribution in [0.2, 0.25) is 0 Å². The van der Waals surface area contributed by atoms with Gasteiger partial charge in [0.1, 0.15) is 6.10 Å². The minimum Gasteiger partial charge on any atom is -0.462 e. The van der Waals surface area contributed by atoms with Crippen molar-refractivity contribution in [3.63, 3.8) is 0 Å². The van der Waals surface area contributed by atoms with Crippen molar-refractivity contribution in [2.75, 3.05) is 20.1 Å². The number of carbonyl (C=O) groups excluding carboxylic acids is 1. The number of esters is 1. The van der Waals surface area contributed by atoms with Crippen LogP contribution in [0.4, 0.5) is 0 Å². The van der Waals surface area contributed by atoms with E-state index in [0.29, 0.717) is 0 Å². The Bertz CT molecular complexity index is 274. The maximum absolute atomic E-state index is 12.1. The second-order valence-corrected chi connectivity index (χ2v) is 6.25. The van der Waals surface area contributed by atoms with Gasteiger partial charge in [0.2, 0.25) is 0 Å². The molecular weight excluding hydrogens is 216 g/mol. The maximum Gasteiger partial charge on any atom is 0.313 e. The molecule has 0 aliphatic carbocycles. The van der Waals surface area contributed by atoms with Gasteiger partial charge in [-0.05, 0) is 47.6 Å². The number of likely N-dealkylation sites (tertiary alicyclic amines) is 1. The molecular formula is C13H26N2O2. The molecule has 0 atom stereocenters. The highest BCUT2D eigenvalue weighted by Crippen LogP contribution is 2.31. The van der Waals surface area contributed by atoms with Crippen LogP contribution < -0.4 is 5.73 Å². The number of carbonyl (C=O) groups is 1. The van der Waals surface area contributed by atoms with Gasteiger partial charge in [-0.2, -0.15) is 0 Å². The smallest absolute Gasteiger partial charge is 0.313 e. The Labute approximate surface area is 104 Å². The van der Waals surface area contributed by atoms with Crippen molar-refractivity contribution in [2.45, 2.75) is 52.2 Å². The maximum atomic E-state index is 12.1. The van der Waals surface area contributed by atoms with Gasteiger partial charge in [-0.1, -0.05) is 0 Å². The number of nitrogens with zero attached hydrogens (tertiary/aromatic N) is 1. The molecule has 2 N–H and O–H groups in total. The summed E-state index contributed by atoms with van der Waals surface area (Å²) in [7, 11) is 2.09. The normalized spacial score (nSPS) is 20.4. The molecule has 0 bridgehead atoms. The molecule has 4 nitrogen and oxygen atoms in total. The summed E-state index contributed by atoms with van der Waals surface area (Å²) < 4.78 is 5.59. The lowest BCUT2D eigenvalue weighted by Gasteiger charge is -2.38. The fourth-order valence-electron chi connectivity index (χ4n) is 1.66. The lowest BCUT2D eigenvalue weighted by molar-refractivity contribution is -0.165. The van der Waals surface area contributed by atoms with Crippen LogP contribution >= 0.6 is 0 Å². The molecule has 100 valence electrons. The molecule has 4 heteroatoms. The largest absolute Gasteiger partial charge is 0.462 e. The molecule has 0 saturated carbocycles. The van der Waals surface area contributed by atoms with Crippen molar-refractivity contribution in [1.82, 2.24) is 4.90 Å². The average molecular weight is 242 g/mol. The number of ether oxygens (including phenoxy) is 1. The fourth-order valence-corrected chi connectivity index (χ4v) is 1.66. The van der Waals surface area contributed by atoms with Crippen LogP contribution in [0.25, 0.3) is 0 Å². The molecule has 0 aromatic rings. The lowest BCUT2D eigenvalue weighted by atomic mass is 9.75. The first-order valence-electron chi connectivity index (χ1n) is 6.33. The second kappa shape index (κ2) is 4.94. The zero-order valence-corrected chi connectivity index (χ0v) is 11.7. The Morgan fingerprint density at radius 3 is 2.12 bits per heavy atom. The molecule has 0 aromatic heterocycles. The van der Waals surface area contributed by atoms with Crippen LogP contribution in [0.5, 0.6) is 0 Å². The van der Waals surface area contributed by atoms with E-state index in [9.17, 15) is 4.79 Å². The van der Waals surface area contributed by atoms with E-state index in [4.69, 9.17) is 10.5 Å². The van der Waals surface area contributed by atoms with Crippen LogP contribution in [0.3, 0.4) is 0 Å². The Hall–Kier alpha value is -0.610. The van der Waals surface area contributed by atoms with Gasteiger partial charge in [-0.25, -0.2) is 0 Å². The van der Waals surface area contributed by atoms with E-state index < -0.39 is 11.0 Å². The highest BCUT2D eigenvalue weighted by Gasteiger charge is 2.42. The topological polar surface area (TPSA) is 55.6 Å². The van der Waals surface area contributed by atoms with Crippen molar-refractivity contribution >= 4 is 5.97 Å². The zero-order valence-electron chi connectivity index (χ0n) is 11.7. The minimum absolute atomic E-state index is 0.0559. The van der Waals surface area contributed by atoms with Gasteiger partial charge in [-0.15, -0.1) is 0 Å². The van der Waals surface area contributed by atoms with Crippen molar-refractivity contribution in [3.8, 4) is 0 Å². The van der Waals surface area contributed by atoms with Crippen molar-refractivity contribution in [3.05, 3.63) is 0 Å². The van der Waals surface area contributed by atoms with E-state index in [1.165, 1.54) is 0 Å².